The fourth-order valence-electron chi connectivity index (χ4n) is 2.42. The van der Waals surface area contributed by atoms with E-state index >= 15 is 0 Å². The van der Waals surface area contributed by atoms with Gasteiger partial charge in [0, 0.05) is 23.9 Å². The molecule has 1 fully saturated rings. The molecule has 8 nitrogen and oxygen atoms in total. The molecule has 1 aliphatic heterocycles. The summed E-state index contributed by atoms with van der Waals surface area (Å²) < 4.78 is 71.0. The van der Waals surface area contributed by atoms with Gasteiger partial charge in [0.15, 0.2) is 0 Å². The van der Waals surface area contributed by atoms with Crippen molar-refractivity contribution >= 4 is 21.5 Å². The molecule has 0 N–H and O–H groups in total. The van der Waals surface area contributed by atoms with E-state index in [1.165, 1.54) is 19.1 Å². The fraction of sp³-hybridized carbons (Fsp3) is 0.538. The molecule has 0 aromatic heterocycles. The van der Waals surface area contributed by atoms with Gasteiger partial charge in [-0.3, -0.25) is 14.3 Å². The Morgan fingerprint density at radius 2 is 2.08 bits per heavy atom. The molecule has 1 heterocycles. The summed E-state index contributed by atoms with van der Waals surface area (Å²) in [4.78, 5) is 11.1. The summed E-state index contributed by atoms with van der Waals surface area (Å²) in [6.07, 6.45) is -7.39. The lowest BCUT2D eigenvalue weighted by Crippen LogP contribution is -2.42. The average molecular weight is 384 g/mol. The molecule has 0 spiro atoms. The minimum absolute atomic E-state index is 0.0762. The zero-order chi connectivity index (χ0) is 19.0. The van der Waals surface area contributed by atoms with E-state index in [0.717, 1.165) is 17.2 Å². The van der Waals surface area contributed by atoms with Gasteiger partial charge >= 0.3 is 6.18 Å². The Labute approximate surface area is 141 Å². The smallest absolute Gasteiger partial charge is 0.342 e. The Kier molecular flexibility index (Phi) is 5.25. The van der Waals surface area contributed by atoms with Crippen LogP contribution in [0.15, 0.2) is 18.2 Å². The lowest BCUT2D eigenvalue weighted by Gasteiger charge is -2.26. The second kappa shape index (κ2) is 6.77. The molecule has 1 aromatic carbocycles. The van der Waals surface area contributed by atoms with Gasteiger partial charge in [-0.25, -0.2) is 0 Å². The molecule has 0 radical (unpaired) electrons. The molecule has 0 aliphatic carbocycles. The number of rotatable bonds is 5. The number of hydrogen-bond acceptors (Lipinski definition) is 7. The highest BCUT2D eigenvalue weighted by Crippen LogP contribution is 2.36. The van der Waals surface area contributed by atoms with Crippen molar-refractivity contribution in [3.63, 3.8) is 0 Å². The number of nitro groups is 1. The molecule has 0 bridgehead atoms. The number of hydrogen-bond donors (Lipinski definition) is 0. The van der Waals surface area contributed by atoms with Crippen LogP contribution in [0.1, 0.15) is 5.56 Å². The minimum atomic E-state index is -4.74. The van der Waals surface area contributed by atoms with Crippen LogP contribution in [0.2, 0.25) is 0 Å². The highest BCUT2D eigenvalue weighted by atomic mass is 32.2. The van der Waals surface area contributed by atoms with Crippen LogP contribution in [-0.2, 0) is 19.0 Å². The summed E-state index contributed by atoms with van der Waals surface area (Å²) in [5.41, 5.74) is 0.0518. The van der Waals surface area contributed by atoms with Gasteiger partial charge in [-0.2, -0.15) is 21.6 Å². The number of aryl methyl sites for hydroxylation is 1. The van der Waals surface area contributed by atoms with Crippen LogP contribution in [0, 0.1) is 17.0 Å². The van der Waals surface area contributed by atoms with Crippen molar-refractivity contribution in [2.45, 2.75) is 25.4 Å². The Morgan fingerprint density at radius 1 is 1.44 bits per heavy atom. The van der Waals surface area contributed by atoms with Gasteiger partial charge in [0.05, 0.1) is 17.8 Å². The Balaban J connectivity index is 2.27. The van der Waals surface area contributed by atoms with E-state index in [-0.39, 0.29) is 23.5 Å². The predicted molar refractivity (Wildman–Crippen MR) is 80.7 cm³/mol. The standard InChI is InChI=1S/C13H15F3N2O6S/c1-8-5-9(3-4-11(8)18(19)20)17-6-10(7-23-25(2,21)22)24-12(17)13(14,15)16/h3-5,10,12H,6-7H2,1-2H3/t10-,12+/m0/s1. The molecule has 0 saturated carbocycles. The van der Waals surface area contributed by atoms with E-state index < -0.39 is 40.2 Å². The first-order valence-corrected chi connectivity index (χ1v) is 8.78. The summed E-state index contributed by atoms with van der Waals surface area (Å²) in [6.45, 7) is 0.566. The third-order valence-corrected chi connectivity index (χ3v) is 4.03. The number of nitro benzene ring substituents is 1. The van der Waals surface area contributed by atoms with Gasteiger partial charge in [0.1, 0.15) is 6.10 Å². The summed E-state index contributed by atoms with van der Waals surface area (Å²) >= 11 is 0. The Hall–Kier alpha value is -1.92. The average Bonchev–Trinajstić information content (AvgIpc) is 2.88. The third kappa shape index (κ3) is 4.80. The van der Waals surface area contributed by atoms with Gasteiger partial charge in [-0.15, -0.1) is 0 Å². The van der Waals surface area contributed by atoms with Crippen LogP contribution in [0.5, 0.6) is 0 Å². The molecule has 1 saturated heterocycles. The van der Waals surface area contributed by atoms with Crippen molar-refractivity contribution < 1.29 is 35.4 Å². The Bertz CT molecular complexity index is 768. The van der Waals surface area contributed by atoms with Gasteiger partial charge in [0.2, 0.25) is 6.23 Å². The maximum absolute atomic E-state index is 13.2. The molecule has 2 rings (SSSR count). The normalized spacial score (nSPS) is 21.6. The third-order valence-electron chi connectivity index (χ3n) is 3.46. The number of nitrogens with zero attached hydrogens (tertiary/aromatic N) is 2. The van der Waals surface area contributed by atoms with Crippen LogP contribution in [0.25, 0.3) is 0 Å². The largest absolute Gasteiger partial charge is 0.433 e. The molecule has 2 atom stereocenters. The molecule has 1 aromatic rings. The molecular weight excluding hydrogens is 369 g/mol. The van der Waals surface area contributed by atoms with Crippen LogP contribution >= 0.6 is 0 Å². The summed E-state index contributed by atoms with van der Waals surface area (Å²) in [5, 5.41) is 10.8. The summed E-state index contributed by atoms with van der Waals surface area (Å²) in [5.74, 6) is 0. The highest BCUT2D eigenvalue weighted by molar-refractivity contribution is 7.85. The number of benzene rings is 1. The maximum atomic E-state index is 13.2. The molecular formula is C13H15F3N2O6S. The van der Waals surface area contributed by atoms with E-state index in [9.17, 15) is 31.7 Å². The first-order valence-electron chi connectivity index (χ1n) is 6.97. The van der Waals surface area contributed by atoms with Crippen LogP contribution in [0.4, 0.5) is 24.5 Å². The maximum Gasteiger partial charge on any atom is 0.433 e. The summed E-state index contributed by atoms with van der Waals surface area (Å²) in [6, 6.07) is 3.55. The van der Waals surface area contributed by atoms with Crippen LogP contribution < -0.4 is 4.90 Å². The Morgan fingerprint density at radius 3 is 2.56 bits per heavy atom. The number of anilines is 1. The molecule has 0 amide bonds. The van der Waals surface area contributed by atoms with E-state index in [1.54, 1.807) is 0 Å². The van der Waals surface area contributed by atoms with Gasteiger partial charge in [0.25, 0.3) is 15.8 Å². The lowest BCUT2D eigenvalue weighted by molar-refractivity contribution is -0.385. The van der Waals surface area contributed by atoms with E-state index in [1.807, 2.05) is 0 Å². The highest BCUT2D eigenvalue weighted by Gasteiger charge is 2.51. The SMILES string of the molecule is Cc1cc(N2C[C@@H](COS(C)(=O)=O)O[C@@H]2C(F)(F)F)ccc1[N+](=O)[O-]. The van der Waals surface area contributed by atoms with Crippen molar-refractivity contribution in [2.75, 3.05) is 24.3 Å². The fourth-order valence-corrected chi connectivity index (χ4v) is 2.82. The minimum Gasteiger partial charge on any atom is -0.342 e. The monoisotopic (exact) mass is 384 g/mol. The molecule has 1 aliphatic rings. The van der Waals surface area contributed by atoms with Crippen LogP contribution in [-0.4, -0.2) is 51.3 Å². The molecule has 0 unspecified atom stereocenters. The second-order valence-corrected chi connectivity index (χ2v) is 7.16. The molecule has 12 heteroatoms. The van der Waals surface area contributed by atoms with Gasteiger partial charge in [-0.1, -0.05) is 0 Å². The first-order chi connectivity index (χ1) is 11.4. The van der Waals surface area contributed by atoms with Gasteiger partial charge in [-0.05, 0) is 19.1 Å². The second-order valence-electron chi connectivity index (χ2n) is 5.52. The zero-order valence-electron chi connectivity index (χ0n) is 13.2. The molecule has 25 heavy (non-hydrogen) atoms. The zero-order valence-corrected chi connectivity index (χ0v) is 14.0. The van der Waals surface area contributed by atoms with Crippen molar-refractivity contribution in [1.29, 1.82) is 0 Å². The van der Waals surface area contributed by atoms with Gasteiger partial charge < -0.3 is 9.64 Å². The number of ether oxygens (including phenoxy) is 1. The molecule has 140 valence electrons. The lowest BCUT2D eigenvalue weighted by atomic mass is 10.1. The van der Waals surface area contributed by atoms with E-state index in [0.29, 0.717) is 0 Å². The van der Waals surface area contributed by atoms with E-state index in [4.69, 9.17) is 4.74 Å². The topological polar surface area (TPSA) is 99.0 Å². The number of halogens is 3. The van der Waals surface area contributed by atoms with Crippen molar-refractivity contribution in [1.82, 2.24) is 0 Å². The van der Waals surface area contributed by atoms with Crippen molar-refractivity contribution in [2.24, 2.45) is 0 Å². The van der Waals surface area contributed by atoms with Crippen molar-refractivity contribution in [3.8, 4) is 0 Å². The predicted octanol–water partition coefficient (Wildman–Crippen LogP) is 1.97. The van der Waals surface area contributed by atoms with Crippen LogP contribution in [0.3, 0.4) is 0 Å². The van der Waals surface area contributed by atoms with E-state index in [2.05, 4.69) is 4.18 Å². The quantitative estimate of drug-likeness (QED) is 0.435. The van der Waals surface area contributed by atoms with Crippen molar-refractivity contribution in [3.05, 3.63) is 33.9 Å². The number of alkyl halides is 3. The first kappa shape index (κ1) is 19.4. The summed E-state index contributed by atoms with van der Waals surface area (Å²) in [7, 11) is -3.82.